The molecular weight excluding hydrogens is 386 g/mol. The Kier molecular flexibility index (Phi) is 5.27. The lowest BCUT2D eigenvalue weighted by Gasteiger charge is -2.08. The van der Waals surface area contributed by atoms with Gasteiger partial charge in [0.15, 0.2) is 0 Å². The Morgan fingerprint density at radius 2 is 1.95 bits per heavy atom. The minimum absolute atomic E-state index is 0.212. The van der Waals surface area contributed by atoms with Crippen molar-refractivity contribution in [1.82, 2.24) is 10.3 Å². The average Bonchev–Trinajstić information content (AvgIpc) is 2.37. The Morgan fingerprint density at radius 3 is 2.60 bits per heavy atom. The molecular formula is C13H8BrCl3N2O. The van der Waals surface area contributed by atoms with Crippen LogP contribution in [0.3, 0.4) is 0 Å². The van der Waals surface area contributed by atoms with E-state index in [0.29, 0.717) is 26.3 Å². The first-order valence-electron chi connectivity index (χ1n) is 5.50. The zero-order valence-electron chi connectivity index (χ0n) is 9.96. The molecule has 0 saturated heterocycles. The lowest BCUT2D eigenvalue weighted by molar-refractivity contribution is 0.0950. The lowest BCUT2D eigenvalue weighted by atomic mass is 10.2. The summed E-state index contributed by atoms with van der Waals surface area (Å²) in [6, 6.07) is 6.40. The van der Waals surface area contributed by atoms with E-state index >= 15 is 0 Å². The van der Waals surface area contributed by atoms with Gasteiger partial charge in [0.25, 0.3) is 5.91 Å². The van der Waals surface area contributed by atoms with Crippen LogP contribution in [0, 0.1) is 0 Å². The van der Waals surface area contributed by atoms with Crippen LogP contribution in [0.5, 0.6) is 0 Å². The van der Waals surface area contributed by atoms with E-state index in [1.165, 1.54) is 6.07 Å². The number of rotatable bonds is 3. The first-order chi connectivity index (χ1) is 9.47. The SMILES string of the molecule is O=C(NCc1ncc(Br)cc1Cl)c1ccc(Cl)cc1Cl. The molecule has 7 heteroatoms. The number of nitrogens with zero attached hydrogens (tertiary/aromatic N) is 1. The van der Waals surface area contributed by atoms with Gasteiger partial charge in [-0.1, -0.05) is 34.8 Å². The highest BCUT2D eigenvalue weighted by Crippen LogP contribution is 2.22. The number of hydrogen-bond acceptors (Lipinski definition) is 2. The molecule has 1 aromatic carbocycles. The van der Waals surface area contributed by atoms with Crippen LogP contribution in [-0.4, -0.2) is 10.9 Å². The fourth-order valence-electron chi connectivity index (χ4n) is 1.51. The van der Waals surface area contributed by atoms with E-state index in [4.69, 9.17) is 34.8 Å². The van der Waals surface area contributed by atoms with Crippen molar-refractivity contribution < 1.29 is 4.79 Å². The molecule has 2 rings (SSSR count). The second-order valence-electron chi connectivity index (χ2n) is 3.89. The number of carbonyl (C=O) groups is 1. The van der Waals surface area contributed by atoms with E-state index in [2.05, 4.69) is 26.2 Å². The third kappa shape index (κ3) is 3.85. The second-order valence-corrected chi connectivity index (χ2v) is 6.06. The average molecular weight is 394 g/mol. The highest BCUT2D eigenvalue weighted by molar-refractivity contribution is 9.10. The van der Waals surface area contributed by atoms with E-state index in [1.807, 2.05) is 0 Å². The molecule has 0 atom stereocenters. The molecule has 1 heterocycles. The van der Waals surface area contributed by atoms with E-state index < -0.39 is 0 Å². The third-order valence-electron chi connectivity index (χ3n) is 2.48. The van der Waals surface area contributed by atoms with Crippen molar-refractivity contribution in [2.45, 2.75) is 6.54 Å². The predicted molar refractivity (Wildman–Crippen MR) is 84.6 cm³/mol. The molecule has 0 unspecified atom stereocenters. The Hall–Kier alpha value is -0.810. The van der Waals surface area contributed by atoms with Crippen molar-refractivity contribution in [3.8, 4) is 0 Å². The van der Waals surface area contributed by atoms with Crippen LogP contribution in [0.1, 0.15) is 16.1 Å². The van der Waals surface area contributed by atoms with Crippen molar-refractivity contribution in [3.05, 3.63) is 61.3 Å². The minimum atomic E-state index is -0.313. The first kappa shape index (κ1) is 15.6. The molecule has 20 heavy (non-hydrogen) atoms. The van der Waals surface area contributed by atoms with E-state index in [9.17, 15) is 4.79 Å². The molecule has 0 aliphatic heterocycles. The van der Waals surface area contributed by atoms with Gasteiger partial charge >= 0.3 is 0 Å². The lowest BCUT2D eigenvalue weighted by Crippen LogP contribution is -2.23. The number of carbonyl (C=O) groups excluding carboxylic acids is 1. The van der Waals surface area contributed by atoms with Gasteiger partial charge in [-0.05, 0) is 40.2 Å². The van der Waals surface area contributed by atoms with E-state index in [1.54, 1.807) is 24.4 Å². The van der Waals surface area contributed by atoms with Crippen LogP contribution < -0.4 is 5.32 Å². The van der Waals surface area contributed by atoms with E-state index in [-0.39, 0.29) is 12.5 Å². The number of pyridine rings is 1. The maximum absolute atomic E-state index is 12.0. The van der Waals surface area contributed by atoms with Crippen LogP contribution in [-0.2, 0) is 6.54 Å². The van der Waals surface area contributed by atoms with Crippen LogP contribution in [0.25, 0.3) is 0 Å². The van der Waals surface area contributed by atoms with Gasteiger partial charge in [0.1, 0.15) is 0 Å². The van der Waals surface area contributed by atoms with Crippen molar-refractivity contribution in [2.75, 3.05) is 0 Å². The van der Waals surface area contributed by atoms with Gasteiger partial charge < -0.3 is 5.32 Å². The maximum Gasteiger partial charge on any atom is 0.253 e. The second kappa shape index (κ2) is 6.76. The summed E-state index contributed by atoms with van der Waals surface area (Å²) in [6.07, 6.45) is 1.61. The van der Waals surface area contributed by atoms with Gasteiger partial charge in [-0.3, -0.25) is 9.78 Å². The van der Waals surface area contributed by atoms with Crippen LogP contribution in [0.15, 0.2) is 34.9 Å². The Labute approximate surface area is 139 Å². The molecule has 104 valence electrons. The maximum atomic E-state index is 12.0. The number of halogens is 4. The molecule has 0 saturated carbocycles. The Morgan fingerprint density at radius 1 is 1.20 bits per heavy atom. The molecule has 3 nitrogen and oxygen atoms in total. The molecule has 0 bridgehead atoms. The normalized spacial score (nSPS) is 10.4. The summed E-state index contributed by atoms with van der Waals surface area (Å²) in [6.45, 7) is 0.212. The Balaban J connectivity index is 2.08. The fraction of sp³-hybridized carbons (Fsp3) is 0.0769. The molecule has 1 aromatic heterocycles. The predicted octanol–water partition coefficient (Wildman–Crippen LogP) is 4.73. The van der Waals surface area contributed by atoms with Crippen molar-refractivity contribution >= 4 is 56.6 Å². The highest BCUT2D eigenvalue weighted by atomic mass is 79.9. The topological polar surface area (TPSA) is 42.0 Å². The van der Waals surface area contributed by atoms with Gasteiger partial charge in [-0.15, -0.1) is 0 Å². The van der Waals surface area contributed by atoms with Crippen LogP contribution in [0.2, 0.25) is 15.1 Å². The number of aromatic nitrogens is 1. The summed E-state index contributed by atoms with van der Waals surface area (Å²) in [4.78, 5) is 16.1. The third-order valence-corrected chi connectivity index (χ3v) is 3.78. The molecule has 2 aromatic rings. The van der Waals surface area contributed by atoms with Gasteiger partial charge in [0, 0.05) is 15.7 Å². The van der Waals surface area contributed by atoms with E-state index in [0.717, 1.165) is 4.47 Å². The van der Waals surface area contributed by atoms with Crippen LogP contribution >= 0.6 is 50.7 Å². The molecule has 0 radical (unpaired) electrons. The quantitative estimate of drug-likeness (QED) is 0.817. The van der Waals surface area contributed by atoms with Gasteiger partial charge in [0.2, 0.25) is 0 Å². The van der Waals surface area contributed by atoms with Gasteiger partial charge in [-0.25, -0.2) is 0 Å². The largest absolute Gasteiger partial charge is 0.346 e. The molecule has 0 spiro atoms. The van der Waals surface area contributed by atoms with Crippen LogP contribution in [0.4, 0.5) is 0 Å². The first-order valence-corrected chi connectivity index (χ1v) is 7.43. The molecule has 0 aliphatic rings. The molecule has 1 N–H and O–H groups in total. The standard InChI is InChI=1S/C13H8BrCl3N2O/c14-7-3-11(17)12(18-5-7)6-19-13(20)9-2-1-8(15)4-10(9)16/h1-5H,6H2,(H,19,20). The summed E-state index contributed by atoms with van der Waals surface area (Å²) in [5, 5.41) is 3.95. The van der Waals surface area contributed by atoms with Crippen molar-refractivity contribution in [1.29, 1.82) is 0 Å². The number of hydrogen-bond donors (Lipinski definition) is 1. The zero-order chi connectivity index (χ0) is 14.7. The van der Waals surface area contributed by atoms with Gasteiger partial charge in [0.05, 0.1) is 27.8 Å². The van der Waals surface area contributed by atoms with Gasteiger partial charge in [-0.2, -0.15) is 0 Å². The monoisotopic (exact) mass is 392 g/mol. The fourth-order valence-corrected chi connectivity index (χ4v) is 2.70. The number of amides is 1. The Bertz CT molecular complexity index is 664. The minimum Gasteiger partial charge on any atom is -0.346 e. The summed E-state index contributed by atoms with van der Waals surface area (Å²) < 4.78 is 0.776. The molecule has 1 amide bonds. The van der Waals surface area contributed by atoms with Crippen molar-refractivity contribution in [2.24, 2.45) is 0 Å². The summed E-state index contributed by atoms with van der Waals surface area (Å²) in [7, 11) is 0. The highest BCUT2D eigenvalue weighted by Gasteiger charge is 2.11. The van der Waals surface area contributed by atoms with Crippen molar-refractivity contribution in [3.63, 3.8) is 0 Å². The number of nitrogens with one attached hydrogen (secondary N) is 1. The summed E-state index contributed by atoms with van der Waals surface area (Å²) in [5.74, 6) is -0.313. The summed E-state index contributed by atoms with van der Waals surface area (Å²) in [5.41, 5.74) is 0.928. The zero-order valence-corrected chi connectivity index (χ0v) is 13.8. The smallest absolute Gasteiger partial charge is 0.253 e. The summed E-state index contributed by atoms with van der Waals surface area (Å²) >= 11 is 21.0. The molecule has 0 fully saturated rings. The molecule has 0 aliphatic carbocycles. The number of benzene rings is 1.